The van der Waals surface area contributed by atoms with Crippen molar-refractivity contribution in [2.45, 2.75) is 52.4 Å². The lowest BCUT2D eigenvalue weighted by atomic mass is 10.1. The second kappa shape index (κ2) is 6.82. The van der Waals surface area contributed by atoms with Crippen molar-refractivity contribution in [2.24, 2.45) is 4.66 Å². The fourth-order valence-corrected chi connectivity index (χ4v) is 2.35. The van der Waals surface area contributed by atoms with Crippen molar-refractivity contribution in [1.29, 1.82) is 0 Å². The zero-order valence-electron chi connectivity index (χ0n) is 9.38. The van der Waals surface area contributed by atoms with Gasteiger partial charge in [0, 0.05) is 12.1 Å². The van der Waals surface area contributed by atoms with Gasteiger partial charge in [-0.05, 0) is 25.3 Å². The summed E-state index contributed by atoms with van der Waals surface area (Å²) in [6.45, 7) is 4.44. The maximum Gasteiger partial charge on any atom is 0.346 e. The van der Waals surface area contributed by atoms with Crippen LogP contribution < -0.4 is 0 Å². The molecule has 0 saturated heterocycles. The molecule has 1 aliphatic rings. The number of unbranched alkanes of at least 4 members (excludes halogenated alkanes) is 2. The minimum atomic E-state index is -0.623. The van der Waals surface area contributed by atoms with E-state index in [0.29, 0.717) is 0 Å². The molecule has 0 unspecified atom stereocenters. The third kappa shape index (κ3) is 4.09. The molecular weight excluding hydrogens is 190 g/mol. The fourth-order valence-electron chi connectivity index (χ4n) is 1.48. The van der Waals surface area contributed by atoms with E-state index in [-0.39, 0.29) is 0 Å². The Morgan fingerprint density at radius 3 is 2.64 bits per heavy atom. The molecular formula is C11H21NOSi. The molecule has 1 aliphatic heterocycles. The van der Waals surface area contributed by atoms with Gasteiger partial charge in [-0.25, -0.2) is 0 Å². The lowest BCUT2D eigenvalue weighted by Crippen LogP contribution is -2.09. The third-order valence-electron chi connectivity index (χ3n) is 2.41. The van der Waals surface area contributed by atoms with E-state index in [1.807, 2.05) is 0 Å². The highest BCUT2D eigenvalue weighted by atomic mass is 28.2. The van der Waals surface area contributed by atoms with Gasteiger partial charge in [0.25, 0.3) is 0 Å². The van der Waals surface area contributed by atoms with E-state index in [1.165, 1.54) is 37.2 Å². The summed E-state index contributed by atoms with van der Waals surface area (Å²) in [4.78, 5) is 0. The van der Waals surface area contributed by atoms with Gasteiger partial charge in [-0.1, -0.05) is 26.7 Å². The maximum atomic E-state index is 5.60. The van der Waals surface area contributed by atoms with E-state index < -0.39 is 9.92 Å². The molecule has 0 aromatic heterocycles. The van der Waals surface area contributed by atoms with Crippen molar-refractivity contribution >= 4 is 15.6 Å². The zero-order valence-corrected chi connectivity index (χ0v) is 10.8. The molecule has 0 aromatic carbocycles. The lowest BCUT2D eigenvalue weighted by molar-refractivity contribution is 0.419. The van der Waals surface area contributed by atoms with Crippen molar-refractivity contribution in [3.8, 4) is 0 Å². The third-order valence-corrected chi connectivity index (χ3v) is 3.44. The molecule has 0 amide bonds. The first kappa shape index (κ1) is 11.5. The average molecular weight is 211 g/mol. The van der Waals surface area contributed by atoms with Crippen molar-refractivity contribution in [2.75, 3.05) is 0 Å². The first-order chi connectivity index (χ1) is 6.86. The van der Waals surface area contributed by atoms with Crippen LogP contribution in [0.2, 0.25) is 0 Å². The van der Waals surface area contributed by atoms with Crippen LogP contribution in [0.4, 0.5) is 0 Å². The molecule has 80 valence electrons. The second-order valence-electron chi connectivity index (χ2n) is 3.74. The van der Waals surface area contributed by atoms with Crippen LogP contribution in [0, 0.1) is 0 Å². The van der Waals surface area contributed by atoms with Crippen molar-refractivity contribution in [3.05, 3.63) is 11.8 Å². The van der Waals surface area contributed by atoms with E-state index in [1.54, 1.807) is 0 Å². The minimum Gasteiger partial charge on any atom is -0.532 e. The van der Waals surface area contributed by atoms with Crippen molar-refractivity contribution < 1.29 is 4.43 Å². The van der Waals surface area contributed by atoms with Gasteiger partial charge in [-0.15, -0.1) is 0 Å². The van der Waals surface area contributed by atoms with E-state index in [9.17, 15) is 0 Å². The number of hydrogen-bond donors (Lipinski definition) is 0. The van der Waals surface area contributed by atoms with Crippen LogP contribution in [-0.4, -0.2) is 15.6 Å². The Morgan fingerprint density at radius 1 is 1.21 bits per heavy atom. The maximum absolute atomic E-state index is 5.60. The second-order valence-corrected chi connectivity index (χ2v) is 4.60. The Morgan fingerprint density at radius 2 is 1.93 bits per heavy atom. The van der Waals surface area contributed by atoms with E-state index in [0.717, 1.165) is 12.8 Å². The van der Waals surface area contributed by atoms with Crippen LogP contribution in [0.15, 0.2) is 16.5 Å². The summed E-state index contributed by atoms with van der Waals surface area (Å²) in [6, 6.07) is 0. The summed E-state index contributed by atoms with van der Waals surface area (Å²) in [7, 11) is -0.623. The topological polar surface area (TPSA) is 21.6 Å². The molecule has 0 N–H and O–H groups in total. The molecule has 3 heteroatoms. The lowest BCUT2D eigenvalue weighted by Gasteiger charge is -2.14. The summed E-state index contributed by atoms with van der Waals surface area (Å²) in [5.41, 5.74) is 1.29. The van der Waals surface area contributed by atoms with Crippen LogP contribution in [-0.2, 0) is 4.43 Å². The molecule has 2 nitrogen and oxygen atoms in total. The number of allylic oxidation sites excluding steroid dienone is 2. The van der Waals surface area contributed by atoms with E-state index in [2.05, 4.69) is 24.6 Å². The summed E-state index contributed by atoms with van der Waals surface area (Å²) in [6.07, 6.45) is 9.40. The highest BCUT2D eigenvalue weighted by molar-refractivity contribution is 6.31. The molecule has 0 aliphatic carbocycles. The molecule has 0 fully saturated rings. The molecule has 0 radical (unpaired) electrons. The van der Waals surface area contributed by atoms with Gasteiger partial charge < -0.3 is 4.43 Å². The van der Waals surface area contributed by atoms with Crippen LogP contribution in [0.5, 0.6) is 0 Å². The smallest absolute Gasteiger partial charge is 0.346 e. The number of rotatable bonds is 6. The summed E-state index contributed by atoms with van der Waals surface area (Å²) in [5, 5.41) is 0. The minimum absolute atomic E-state index is 0.623. The van der Waals surface area contributed by atoms with Crippen LogP contribution in [0.3, 0.4) is 0 Å². The molecule has 14 heavy (non-hydrogen) atoms. The van der Waals surface area contributed by atoms with Gasteiger partial charge in [-0.2, -0.15) is 0 Å². The highest BCUT2D eigenvalue weighted by Gasteiger charge is 2.06. The average Bonchev–Trinajstić information content (AvgIpc) is 2.24. The SMILES string of the molecule is CCCCC1=CC(CCCC)=N[SiH2]O1. The molecule has 1 heterocycles. The normalized spacial score (nSPS) is 17.6. The largest absolute Gasteiger partial charge is 0.532 e. The molecule has 1 rings (SSSR count). The molecule has 0 spiro atoms. The zero-order chi connectivity index (χ0) is 10.2. The number of nitrogens with zero attached hydrogens (tertiary/aromatic N) is 1. The van der Waals surface area contributed by atoms with Gasteiger partial charge in [0.15, 0.2) is 0 Å². The van der Waals surface area contributed by atoms with Crippen LogP contribution in [0.25, 0.3) is 0 Å². The monoisotopic (exact) mass is 211 g/mol. The van der Waals surface area contributed by atoms with Gasteiger partial charge >= 0.3 is 9.92 Å². The molecule has 0 atom stereocenters. The predicted molar refractivity (Wildman–Crippen MR) is 64.2 cm³/mol. The van der Waals surface area contributed by atoms with Gasteiger partial charge in [0.05, 0.1) is 5.76 Å². The van der Waals surface area contributed by atoms with Gasteiger partial charge in [-0.3, -0.25) is 4.66 Å². The van der Waals surface area contributed by atoms with Crippen molar-refractivity contribution in [3.63, 3.8) is 0 Å². The van der Waals surface area contributed by atoms with Gasteiger partial charge in [0.1, 0.15) is 0 Å². The Bertz CT molecular complexity index is 223. The fraction of sp³-hybridized carbons (Fsp3) is 0.727. The number of hydrogen-bond acceptors (Lipinski definition) is 2. The van der Waals surface area contributed by atoms with Crippen LogP contribution in [0.1, 0.15) is 52.4 Å². The van der Waals surface area contributed by atoms with E-state index >= 15 is 0 Å². The summed E-state index contributed by atoms with van der Waals surface area (Å²) >= 11 is 0. The predicted octanol–water partition coefficient (Wildman–Crippen LogP) is 2.72. The van der Waals surface area contributed by atoms with Gasteiger partial charge in [0.2, 0.25) is 0 Å². The summed E-state index contributed by atoms with van der Waals surface area (Å²) in [5.74, 6) is 1.19. The van der Waals surface area contributed by atoms with Crippen molar-refractivity contribution in [1.82, 2.24) is 0 Å². The first-order valence-electron chi connectivity index (χ1n) is 5.73. The Labute approximate surface area is 89.5 Å². The highest BCUT2D eigenvalue weighted by Crippen LogP contribution is 2.13. The quantitative estimate of drug-likeness (QED) is 0.619. The Kier molecular flexibility index (Phi) is 5.60. The van der Waals surface area contributed by atoms with E-state index in [4.69, 9.17) is 4.43 Å². The molecule has 0 bridgehead atoms. The standard InChI is InChI=1S/C11H21NOSi/c1-3-5-7-10-9-11(8-6-4-2)13-14-12-10/h9H,3-8,14H2,1-2H3. The first-order valence-corrected chi connectivity index (χ1v) is 6.94. The Hall–Kier alpha value is -0.573. The molecule has 0 aromatic rings. The Balaban J connectivity index is 2.37. The summed E-state index contributed by atoms with van der Waals surface area (Å²) < 4.78 is 10.1. The van der Waals surface area contributed by atoms with Crippen LogP contribution >= 0.6 is 0 Å². The molecule has 0 saturated carbocycles.